The fourth-order valence-corrected chi connectivity index (χ4v) is 1.56. The number of aromatic carboxylic acids is 1. The van der Waals surface area contributed by atoms with Crippen molar-refractivity contribution in [2.24, 2.45) is 0 Å². The van der Waals surface area contributed by atoms with Gasteiger partial charge in [0.25, 0.3) is 0 Å². The van der Waals surface area contributed by atoms with Crippen molar-refractivity contribution in [3.63, 3.8) is 0 Å². The van der Waals surface area contributed by atoms with Crippen LogP contribution in [0, 0.1) is 5.82 Å². The summed E-state index contributed by atoms with van der Waals surface area (Å²) in [7, 11) is 0. The van der Waals surface area contributed by atoms with E-state index in [0.29, 0.717) is 10.8 Å². The highest BCUT2D eigenvalue weighted by Gasteiger charge is 2.09. The van der Waals surface area contributed by atoms with E-state index in [1.54, 1.807) is 6.07 Å². The Bertz CT molecular complexity index is 582. The van der Waals surface area contributed by atoms with Gasteiger partial charge in [0.1, 0.15) is 11.6 Å². The minimum Gasteiger partial charge on any atom is -0.475 e. The Morgan fingerprint density at radius 1 is 1.39 bits per heavy atom. The maximum Gasteiger partial charge on any atom is 0.371 e. The SMILES string of the molecule is O=C(O)c1ccc(CNc2ccc(Cl)cc2F)o1. The fraction of sp³-hybridized carbons (Fsp3) is 0.0833. The van der Waals surface area contributed by atoms with Crippen LogP contribution in [0.3, 0.4) is 0 Å². The molecule has 1 aromatic carbocycles. The first kappa shape index (κ1) is 12.4. The molecule has 2 aromatic rings. The second kappa shape index (κ2) is 5.10. The molecule has 1 aromatic heterocycles. The topological polar surface area (TPSA) is 62.5 Å². The van der Waals surface area contributed by atoms with Crippen LogP contribution < -0.4 is 5.32 Å². The van der Waals surface area contributed by atoms with Crippen LogP contribution in [0.25, 0.3) is 0 Å². The molecule has 0 amide bonds. The van der Waals surface area contributed by atoms with Crippen LogP contribution in [0.2, 0.25) is 5.02 Å². The number of rotatable bonds is 4. The quantitative estimate of drug-likeness (QED) is 0.893. The Labute approximate surface area is 107 Å². The van der Waals surface area contributed by atoms with Crippen LogP contribution >= 0.6 is 11.6 Å². The second-order valence-electron chi connectivity index (χ2n) is 3.55. The van der Waals surface area contributed by atoms with Crippen LogP contribution in [0.15, 0.2) is 34.7 Å². The molecule has 0 aliphatic heterocycles. The molecule has 0 aliphatic rings. The highest BCUT2D eigenvalue weighted by Crippen LogP contribution is 2.19. The van der Waals surface area contributed by atoms with E-state index in [4.69, 9.17) is 21.1 Å². The molecule has 0 bridgehead atoms. The molecule has 18 heavy (non-hydrogen) atoms. The normalized spacial score (nSPS) is 10.3. The van der Waals surface area contributed by atoms with Gasteiger partial charge in [-0.1, -0.05) is 11.6 Å². The van der Waals surface area contributed by atoms with E-state index in [0.717, 1.165) is 0 Å². The molecule has 4 nitrogen and oxygen atoms in total. The number of furan rings is 1. The summed E-state index contributed by atoms with van der Waals surface area (Å²) in [5.41, 5.74) is 0.271. The monoisotopic (exact) mass is 269 g/mol. The predicted octanol–water partition coefficient (Wildman–Crippen LogP) is 3.38. The molecule has 2 N–H and O–H groups in total. The lowest BCUT2D eigenvalue weighted by Gasteiger charge is -2.05. The number of anilines is 1. The first-order chi connectivity index (χ1) is 8.56. The van der Waals surface area contributed by atoms with Crippen molar-refractivity contribution in [2.75, 3.05) is 5.32 Å². The molecule has 94 valence electrons. The Hall–Kier alpha value is -2.01. The molecule has 0 unspecified atom stereocenters. The zero-order valence-electron chi connectivity index (χ0n) is 9.11. The second-order valence-corrected chi connectivity index (χ2v) is 3.99. The van der Waals surface area contributed by atoms with E-state index < -0.39 is 11.8 Å². The summed E-state index contributed by atoms with van der Waals surface area (Å²) in [5, 5.41) is 11.8. The van der Waals surface area contributed by atoms with Crippen molar-refractivity contribution in [1.29, 1.82) is 0 Å². The highest BCUT2D eigenvalue weighted by atomic mass is 35.5. The molecule has 0 spiro atoms. The molecular formula is C12H9ClFNO3. The zero-order chi connectivity index (χ0) is 13.1. The summed E-state index contributed by atoms with van der Waals surface area (Å²) in [6.45, 7) is 0.186. The number of hydrogen-bond acceptors (Lipinski definition) is 3. The third-order valence-corrected chi connectivity index (χ3v) is 2.49. The average Bonchev–Trinajstić information content (AvgIpc) is 2.76. The van der Waals surface area contributed by atoms with Crippen LogP contribution in [-0.4, -0.2) is 11.1 Å². The van der Waals surface area contributed by atoms with Crippen molar-refractivity contribution in [2.45, 2.75) is 6.54 Å². The first-order valence-electron chi connectivity index (χ1n) is 5.07. The van der Waals surface area contributed by atoms with Crippen molar-refractivity contribution >= 4 is 23.3 Å². The number of carboxylic acids is 1. The molecule has 6 heteroatoms. The molecule has 0 radical (unpaired) electrons. The summed E-state index contributed by atoms with van der Waals surface area (Å²) in [5.74, 6) is -1.36. The van der Waals surface area contributed by atoms with Crippen molar-refractivity contribution in [1.82, 2.24) is 0 Å². The summed E-state index contributed by atoms with van der Waals surface area (Å²) in [4.78, 5) is 10.6. The van der Waals surface area contributed by atoms with Gasteiger partial charge in [0.05, 0.1) is 12.2 Å². The van der Waals surface area contributed by atoms with Gasteiger partial charge >= 0.3 is 5.97 Å². The summed E-state index contributed by atoms with van der Waals surface area (Å²) >= 11 is 5.62. The number of carboxylic acid groups (broad SMARTS) is 1. The smallest absolute Gasteiger partial charge is 0.371 e. The minimum absolute atomic E-state index is 0.150. The van der Waals surface area contributed by atoms with E-state index in [9.17, 15) is 9.18 Å². The lowest BCUT2D eigenvalue weighted by atomic mass is 10.3. The molecule has 1 heterocycles. The van der Waals surface area contributed by atoms with Gasteiger partial charge in [-0.25, -0.2) is 9.18 Å². The molecular weight excluding hydrogens is 261 g/mol. The Morgan fingerprint density at radius 2 is 2.17 bits per heavy atom. The Balaban J connectivity index is 2.04. The summed E-state index contributed by atoms with van der Waals surface area (Å²) in [6, 6.07) is 7.10. The summed E-state index contributed by atoms with van der Waals surface area (Å²) < 4.78 is 18.4. The lowest BCUT2D eigenvalue weighted by molar-refractivity contribution is 0.0660. The third-order valence-electron chi connectivity index (χ3n) is 2.26. The van der Waals surface area contributed by atoms with Gasteiger partial charge in [-0.05, 0) is 30.3 Å². The van der Waals surface area contributed by atoms with Gasteiger partial charge in [-0.3, -0.25) is 0 Å². The highest BCUT2D eigenvalue weighted by molar-refractivity contribution is 6.30. The molecule has 0 saturated carbocycles. The number of halogens is 2. The lowest BCUT2D eigenvalue weighted by Crippen LogP contribution is -2.00. The van der Waals surface area contributed by atoms with Crippen LogP contribution in [0.5, 0.6) is 0 Å². The molecule has 0 fully saturated rings. The predicted molar refractivity (Wildman–Crippen MR) is 64.4 cm³/mol. The van der Waals surface area contributed by atoms with E-state index in [1.165, 1.54) is 24.3 Å². The van der Waals surface area contributed by atoms with Gasteiger partial charge in [0.15, 0.2) is 0 Å². The van der Waals surface area contributed by atoms with Gasteiger partial charge in [-0.2, -0.15) is 0 Å². The van der Waals surface area contributed by atoms with Crippen LogP contribution in [0.1, 0.15) is 16.3 Å². The summed E-state index contributed by atoms with van der Waals surface area (Å²) in [6.07, 6.45) is 0. The Morgan fingerprint density at radius 3 is 2.78 bits per heavy atom. The van der Waals surface area contributed by atoms with E-state index >= 15 is 0 Å². The zero-order valence-corrected chi connectivity index (χ0v) is 9.87. The molecule has 2 rings (SSSR count). The largest absolute Gasteiger partial charge is 0.475 e. The molecule has 0 aliphatic carbocycles. The van der Waals surface area contributed by atoms with E-state index in [1.807, 2.05) is 0 Å². The maximum absolute atomic E-state index is 13.4. The first-order valence-corrected chi connectivity index (χ1v) is 5.45. The third kappa shape index (κ3) is 2.81. The Kier molecular flexibility index (Phi) is 3.53. The standard InChI is InChI=1S/C12H9ClFNO3/c13-7-1-3-10(9(14)5-7)15-6-8-2-4-11(18-8)12(16)17/h1-5,15H,6H2,(H,16,17). The number of hydrogen-bond donors (Lipinski definition) is 2. The molecule has 0 saturated heterocycles. The fourth-order valence-electron chi connectivity index (χ4n) is 1.40. The molecule has 0 atom stereocenters. The number of carbonyl (C=O) groups is 1. The van der Waals surface area contributed by atoms with Gasteiger partial charge in [0, 0.05) is 5.02 Å². The van der Waals surface area contributed by atoms with Gasteiger partial charge in [0.2, 0.25) is 5.76 Å². The minimum atomic E-state index is -1.14. The van der Waals surface area contributed by atoms with E-state index in [-0.39, 0.29) is 18.0 Å². The van der Waals surface area contributed by atoms with Crippen LogP contribution in [0.4, 0.5) is 10.1 Å². The van der Waals surface area contributed by atoms with Crippen LogP contribution in [-0.2, 0) is 6.54 Å². The van der Waals surface area contributed by atoms with Gasteiger partial charge in [-0.15, -0.1) is 0 Å². The van der Waals surface area contributed by atoms with Crippen molar-refractivity contribution in [3.05, 3.63) is 52.7 Å². The number of benzene rings is 1. The van der Waals surface area contributed by atoms with Crippen molar-refractivity contribution in [3.8, 4) is 0 Å². The van der Waals surface area contributed by atoms with Gasteiger partial charge < -0.3 is 14.8 Å². The number of nitrogens with one attached hydrogen (secondary N) is 1. The van der Waals surface area contributed by atoms with Crippen molar-refractivity contribution < 1.29 is 18.7 Å². The average molecular weight is 270 g/mol. The maximum atomic E-state index is 13.4. The van der Waals surface area contributed by atoms with E-state index in [2.05, 4.69) is 5.32 Å².